The second-order valence-electron chi connectivity index (χ2n) is 6.83. The minimum atomic E-state index is -0.388. The van der Waals surface area contributed by atoms with Gasteiger partial charge in [0.1, 0.15) is 5.75 Å². The molecule has 0 aliphatic carbocycles. The Balaban J connectivity index is 1.26. The van der Waals surface area contributed by atoms with Crippen LogP contribution in [0.5, 0.6) is 5.75 Å². The normalized spacial score (nSPS) is 14.6. The van der Waals surface area contributed by atoms with Crippen LogP contribution in [-0.2, 0) is 9.59 Å². The Morgan fingerprint density at radius 2 is 2.06 bits per heavy atom. The van der Waals surface area contributed by atoms with Gasteiger partial charge in [0.25, 0.3) is 11.1 Å². The smallest absolute Gasteiger partial charge is 0.293 e. The van der Waals surface area contributed by atoms with Gasteiger partial charge in [-0.05, 0) is 64.2 Å². The molecule has 1 N–H and O–H groups in total. The fraction of sp³-hybridized carbons (Fsp3) is 0.190. The van der Waals surface area contributed by atoms with E-state index in [1.54, 1.807) is 62.0 Å². The molecule has 0 atom stereocenters. The molecule has 174 valence electrons. The van der Waals surface area contributed by atoms with Crippen LogP contribution >= 0.6 is 23.5 Å². The van der Waals surface area contributed by atoms with E-state index in [0.717, 1.165) is 27.9 Å². The molecule has 3 amide bonds. The molecule has 3 aromatic rings. The number of aromatic nitrogens is 5. The van der Waals surface area contributed by atoms with Gasteiger partial charge in [0.2, 0.25) is 11.1 Å². The number of pyridine rings is 1. The number of imide groups is 1. The van der Waals surface area contributed by atoms with Crippen LogP contribution in [0.2, 0.25) is 0 Å². The lowest BCUT2D eigenvalue weighted by molar-refractivity contribution is -0.123. The zero-order valence-corrected chi connectivity index (χ0v) is 19.6. The van der Waals surface area contributed by atoms with Gasteiger partial charge in [0, 0.05) is 25.5 Å². The maximum absolute atomic E-state index is 12.5. The van der Waals surface area contributed by atoms with E-state index in [1.165, 1.54) is 16.4 Å². The third-order valence-corrected chi connectivity index (χ3v) is 6.43. The molecule has 1 aliphatic rings. The first-order valence-electron chi connectivity index (χ1n) is 10.0. The number of ether oxygens (including phenoxy) is 1. The fourth-order valence-electron chi connectivity index (χ4n) is 2.95. The zero-order chi connectivity index (χ0) is 23.9. The number of rotatable bonds is 9. The highest BCUT2D eigenvalue weighted by molar-refractivity contribution is 8.18. The number of carbonyl (C=O) groups is 3. The fourth-order valence-corrected chi connectivity index (χ4v) is 4.53. The van der Waals surface area contributed by atoms with Gasteiger partial charge < -0.3 is 10.1 Å². The number of carbonyl (C=O) groups excluding carboxylic acids is 3. The van der Waals surface area contributed by atoms with Crippen LogP contribution in [0.4, 0.5) is 4.79 Å². The molecule has 1 aromatic carbocycles. The number of hydrogen-bond acceptors (Lipinski definition) is 10. The standard InChI is InChI=1S/C21H19N7O4S2/c1-32-16-6-4-15(5-7-16)28-20(24-25-26-28)33-13-18(29)23-9-10-27-19(30)17(34-21(27)31)11-14-3-2-8-22-12-14/h2-8,11-12H,9-10,13H2,1H3,(H,23,29)/b17-11+. The predicted octanol–water partition coefficient (Wildman–Crippen LogP) is 2.01. The molecule has 13 heteroatoms. The van der Waals surface area contributed by atoms with Crippen molar-refractivity contribution in [2.24, 2.45) is 0 Å². The number of nitrogens with zero attached hydrogens (tertiary/aromatic N) is 6. The molecule has 34 heavy (non-hydrogen) atoms. The summed E-state index contributed by atoms with van der Waals surface area (Å²) in [6, 6.07) is 10.7. The maximum atomic E-state index is 12.5. The summed E-state index contributed by atoms with van der Waals surface area (Å²) in [5.41, 5.74) is 1.46. The van der Waals surface area contributed by atoms with Crippen molar-refractivity contribution in [2.45, 2.75) is 5.16 Å². The number of amides is 3. The molecular weight excluding hydrogens is 478 g/mol. The summed E-state index contributed by atoms with van der Waals surface area (Å²) in [6.07, 6.45) is 4.86. The van der Waals surface area contributed by atoms with Crippen LogP contribution in [0, 0.1) is 0 Å². The van der Waals surface area contributed by atoms with E-state index < -0.39 is 0 Å². The lowest BCUT2D eigenvalue weighted by atomic mass is 10.2. The molecule has 1 fully saturated rings. The van der Waals surface area contributed by atoms with Gasteiger partial charge in [-0.3, -0.25) is 24.3 Å². The molecular formula is C21H19N7O4S2. The molecule has 0 radical (unpaired) electrons. The molecule has 0 saturated carbocycles. The van der Waals surface area contributed by atoms with Crippen molar-refractivity contribution in [1.82, 2.24) is 35.4 Å². The number of methoxy groups -OCH3 is 1. The van der Waals surface area contributed by atoms with E-state index in [2.05, 4.69) is 25.8 Å². The third-order valence-electron chi connectivity index (χ3n) is 4.60. The van der Waals surface area contributed by atoms with Crippen molar-refractivity contribution in [1.29, 1.82) is 0 Å². The topological polar surface area (TPSA) is 132 Å². The van der Waals surface area contributed by atoms with Crippen LogP contribution in [-0.4, -0.2) is 73.1 Å². The third kappa shape index (κ3) is 5.61. The molecule has 1 saturated heterocycles. The number of thioether (sulfide) groups is 2. The van der Waals surface area contributed by atoms with E-state index in [-0.39, 0.29) is 35.9 Å². The lowest BCUT2D eigenvalue weighted by Gasteiger charge is -2.12. The number of benzene rings is 1. The average Bonchev–Trinajstić information content (AvgIpc) is 3.43. The first kappa shape index (κ1) is 23.4. The first-order valence-corrected chi connectivity index (χ1v) is 11.8. The quantitative estimate of drug-likeness (QED) is 0.346. The maximum Gasteiger partial charge on any atom is 0.293 e. The largest absolute Gasteiger partial charge is 0.497 e. The van der Waals surface area contributed by atoms with Gasteiger partial charge in [-0.1, -0.05) is 17.8 Å². The molecule has 0 bridgehead atoms. The lowest BCUT2D eigenvalue weighted by Crippen LogP contribution is -2.37. The molecule has 2 aromatic heterocycles. The highest BCUT2D eigenvalue weighted by atomic mass is 32.2. The van der Waals surface area contributed by atoms with Gasteiger partial charge in [0.15, 0.2) is 0 Å². The Kier molecular flexibility index (Phi) is 7.54. The molecule has 1 aliphatic heterocycles. The second-order valence-corrected chi connectivity index (χ2v) is 8.77. The highest BCUT2D eigenvalue weighted by Crippen LogP contribution is 2.31. The van der Waals surface area contributed by atoms with E-state index in [9.17, 15) is 14.4 Å². The predicted molar refractivity (Wildman–Crippen MR) is 126 cm³/mol. The summed E-state index contributed by atoms with van der Waals surface area (Å²) in [5.74, 6) is 0.117. The van der Waals surface area contributed by atoms with Crippen LogP contribution in [0.3, 0.4) is 0 Å². The van der Waals surface area contributed by atoms with Crippen molar-refractivity contribution in [3.8, 4) is 11.4 Å². The number of tetrazole rings is 1. The monoisotopic (exact) mass is 497 g/mol. The average molecular weight is 498 g/mol. The minimum Gasteiger partial charge on any atom is -0.497 e. The second kappa shape index (κ2) is 10.9. The SMILES string of the molecule is COc1ccc(-n2nnnc2SCC(=O)NCCN2C(=O)S/C(=C/c3cccnc3)C2=O)cc1. The number of hydrogen-bond donors (Lipinski definition) is 1. The summed E-state index contributed by atoms with van der Waals surface area (Å²) >= 11 is 2.04. The number of nitrogens with one attached hydrogen (secondary N) is 1. The molecule has 0 unspecified atom stereocenters. The van der Waals surface area contributed by atoms with E-state index >= 15 is 0 Å². The van der Waals surface area contributed by atoms with Crippen LogP contribution in [0.15, 0.2) is 58.9 Å². The molecule has 0 spiro atoms. The van der Waals surface area contributed by atoms with Gasteiger partial charge in [-0.2, -0.15) is 4.68 Å². The Morgan fingerprint density at radius 1 is 1.24 bits per heavy atom. The summed E-state index contributed by atoms with van der Waals surface area (Å²) in [6.45, 7) is 0.218. The van der Waals surface area contributed by atoms with Crippen molar-refractivity contribution >= 4 is 46.7 Å². The Morgan fingerprint density at radius 3 is 2.79 bits per heavy atom. The van der Waals surface area contributed by atoms with E-state index in [1.807, 2.05) is 0 Å². The summed E-state index contributed by atoms with van der Waals surface area (Å²) in [4.78, 5) is 42.5. The molecule has 3 heterocycles. The first-order chi connectivity index (χ1) is 16.5. The zero-order valence-electron chi connectivity index (χ0n) is 18.0. The van der Waals surface area contributed by atoms with Gasteiger partial charge in [0.05, 0.1) is 23.5 Å². The van der Waals surface area contributed by atoms with Crippen molar-refractivity contribution < 1.29 is 19.1 Å². The van der Waals surface area contributed by atoms with Crippen molar-refractivity contribution in [3.05, 3.63) is 59.3 Å². The van der Waals surface area contributed by atoms with Gasteiger partial charge in [-0.25, -0.2) is 0 Å². The molecule has 4 rings (SSSR count). The molecule has 11 nitrogen and oxygen atoms in total. The van der Waals surface area contributed by atoms with Crippen molar-refractivity contribution in [3.63, 3.8) is 0 Å². The Bertz CT molecular complexity index is 1220. The summed E-state index contributed by atoms with van der Waals surface area (Å²) in [5, 5.41) is 14.4. The highest BCUT2D eigenvalue weighted by Gasteiger charge is 2.34. The van der Waals surface area contributed by atoms with Gasteiger partial charge >= 0.3 is 0 Å². The van der Waals surface area contributed by atoms with E-state index in [0.29, 0.717) is 15.8 Å². The summed E-state index contributed by atoms with van der Waals surface area (Å²) in [7, 11) is 1.58. The van der Waals surface area contributed by atoms with E-state index in [4.69, 9.17) is 4.74 Å². The summed E-state index contributed by atoms with van der Waals surface area (Å²) < 4.78 is 6.66. The Labute approximate surface area is 202 Å². The van der Waals surface area contributed by atoms with Crippen molar-refractivity contribution in [2.75, 3.05) is 26.0 Å². The van der Waals surface area contributed by atoms with Crippen LogP contribution in [0.25, 0.3) is 11.8 Å². The van der Waals surface area contributed by atoms with Crippen LogP contribution < -0.4 is 10.1 Å². The minimum absolute atomic E-state index is 0.0688. The van der Waals surface area contributed by atoms with Gasteiger partial charge in [-0.15, -0.1) is 5.10 Å². The van der Waals surface area contributed by atoms with Crippen LogP contribution in [0.1, 0.15) is 5.56 Å². The Hall–Kier alpha value is -3.71.